The predicted octanol–water partition coefficient (Wildman–Crippen LogP) is 3.24. The molecule has 2 rings (SSSR count). The zero-order chi connectivity index (χ0) is 12.4. The van der Waals surface area contributed by atoms with Crippen LogP contribution in [-0.2, 0) is 0 Å². The number of nitriles is 1. The summed E-state index contributed by atoms with van der Waals surface area (Å²) < 4.78 is 3.85. The molecule has 1 heterocycles. The van der Waals surface area contributed by atoms with Crippen LogP contribution in [0.2, 0.25) is 5.15 Å². The standard InChI is InChI=1S/C10H4ClN3O2S/c11-10-8(5-12)9(17-13-10)6-2-1-3-7(4-6)14(15)16/h1-4H. The van der Waals surface area contributed by atoms with E-state index in [1.54, 1.807) is 12.1 Å². The van der Waals surface area contributed by atoms with E-state index in [0.717, 1.165) is 11.5 Å². The van der Waals surface area contributed by atoms with Gasteiger partial charge in [0.15, 0.2) is 5.15 Å². The van der Waals surface area contributed by atoms with Crippen molar-refractivity contribution in [3.05, 3.63) is 45.1 Å². The van der Waals surface area contributed by atoms with Gasteiger partial charge in [-0.25, -0.2) is 0 Å². The molecule has 84 valence electrons. The maximum absolute atomic E-state index is 10.6. The van der Waals surface area contributed by atoms with E-state index in [2.05, 4.69) is 4.37 Å². The molecular formula is C10H4ClN3O2S. The monoisotopic (exact) mass is 265 g/mol. The molecule has 0 radical (unpaired) electrons. The Morgan fingerprint density at radius 3 is 2.94 bits per heavy atom. The van der Waals surface area contributed by atoms with E-state index in [1.807, 2.05) is 6.07 Å². The molecule has 0 bridgehead atoms. The molecular weight excluding hydrogens is 262 g/mol. The van der Waals surface area contributed by atoms with E-state index < -0.39 is 4.92 Å². The van der Waals surface area contributed by atoms with Gasteiger partial charge in [-0.3, -0.25) is 10.1 Å². The Bertz CT molecular complexity index is 633. The summed E-state index contributed by atoms with van der Waals surface area (Å²) in [5, 5.41) is 19.7. The van der Waals surface area contributed by atoms with Crippen LogP contribution in [0, 0.1) is 21.4 Å². The van der Waals surface area contributed by atoms with Gasteiger partial charge in [-0.05, 0) is 11.5 Å². The highest BCUT2D eigenvalue weighted by Crippen LogP contribution is 2.33. The van der Waals surface area contributed by atoms with Crippen LogP contribution in [0.3, 0.4) is 0 Å². The minimum atomic E-state index is -0.488. The quantitative estimate of drug-likeness (QED) is 0.617. The van der Waals surface area contributed by atoms with Gasteiger partial charge in [-0.2, -0.15) is 9.64 Å². The highest BCUT2D eigenvalue weighted by molar-refractivity contribution is 7.10. The number of nitrogens with zero attached hydrogens (tertiary/aromatic N) is 3. The molecule has 0 atom stereocenters. The van der Waals surface area contributed by atoms with Crippen molar-refractivity contribution in [1.29, 1.82) is 5.26 Å². The third-order valence-electron chi connectivity index (χ3n) is 2.08. The van der Waals surface area contributed by atoms with Gasteiger partial charge < -0.3 is 0 Å². The Kier molecular flexibility index (Phi) is 3.04. The van der Waals surface area contributed by atoms with E-state index in [9.17, 15) is 10.1 Å². The number of nitro groups is 1. The molecule has 7 heteroatoms. The van der Waals surface area contributed by atoms with Crippen molar-refractivity contribution >= 4 is 28.8 Å². The molecule has 0 unspecified atom stereocenters. The van der Waals surface area contributed by atoms with E-state index in [-0.39, 0.29) is 16.4 Å². The van der Waals surface area contributed by atoms with Crippen molar-refractivity contribution in [3.8, 4) is 16.5 Å². The van der Waals surface area contributed by atoms with Gasteiger partial charge >= 0.3 is 0 Å². The highest BCUT2D eigenvalue weighted by Gasteiger charge is 2.15. The van der Waals surface area contributed by atoms with Crippen molar-refractivity contribution in [2.45, 2.75) is 0 Å². The number of rotatable bonds is 2. The van der Waals surface area contributed by atoms with Crippen LogP contribution >= 0.6 is 23.1 Å². The fraction of sp³-hybridized carbons (Fsp3) is 0. The average Bonchev–Trinajstić information content (AvgIpc) is 2.70. The Balaban J connectivity index is 2.57. The molecule has 17 heavy (non-hydrogen) atoms. The lowest BCUT2D eigenvalue weighted by molar-refractivity contribution is -0.384. The molecule has 0 N–H and O–H groups in total. The summed E-state index contributed by atoms with van der Waals surface area (Å²) in [5.41, 5.74) is 0.785. The minimum absolute atomic E-state index is 0.0316. The first-order valence-corrected chi connectivity index (χ1v) is 5.58. The maximum Gasteiger partial charge on any atom is 0.270 e. The fourth-order valence-electron chi connectivity index (χ4n) is 1.33. The van der Waals surface area contributed by atoms with Crippen LogP contribution in [0.1, 0.15) is 5.56 Å². The molecule has 5 nitrogen and oxygen atoms in total. The Morgan fingerprint density at radius 1 is 1.53 bits per heavy atom. The number of benzene rings is 1. The first-order chi connectivity index (χ1) is 8.13. The third-order valence-corrected chi connectivity index (χ3v) is 3.35. The van der Waals surface area contributed by atoms with Gasteiger partial charge in [-0.1, -0.05) is 23.7 Å². The largest absolute Gasteiger partial charge is 0.270 e. The third kappa shape index (κ3) is 2.11. The number of halogens is 1. The molecule has 0 spiro atoms. The van der Waals surface area contributed by atoms with Crippen molar-refractivity contribution < 1.29 is 4.92 Å². The lowest BCUT2D eigenvalue weighted by atomic mass is 10.1. The molecule has 0 aliphatic carbocycles. The Labute approximate surface area is 105 Å². The van der Waals surface area contributed by atoms with Crippen LogP contribution in [0.4, 0.5) is 5.69 Å². The molecule has 2 aromatic rings. The van der Waals surface area contributed by atoms with Gasteiger partial charge in [0, 0.05) is 17.7 Å². The molecule has 1 aromatic heterocycles. The molecule has 0 saturated carbocycles. The van der Waals surface area contributed by atoms with Crippen LogP contribution < -0.4 is 0 Å². The first kappa shape index (κ1) is 11.5. The summed E-state index contributed by atoms with van der Waals surface area (Å²) in [5.74, 6) is 0. The van der Waals surface area contributed by atoms with Gasteiger partial charge in [0.1, 0.15) is 11.6 Å². The fourth-order valence-corrected chi connectivity index (χ4v) is 2.35. The van der Waals surface area contributed by atoms with Gasteiger partial charge in [-0.15, -0.1) is 0 Å². The molecule has 0 saturated heterocycles. The Hall–Kier alpha value is -1.97. The van der Waals surface area contributed by atoms with Gasteiger partial charge in [0.2, 0.25) is 0 Å². The van der Waals surface area contributed by atoms with Crippen molar-refractivity contribution in [3.63, 3.8) is 0 Å². The van der Waals surface area contributed by atoms with E-state index in [4.69, 9.17) is 16.9 Å². The van der Waals surface area contributed by atoms with Crippen LogP contribution in [0.5, 0.6) is 0 Å². The van der Waals surface area contributed by atoms with Crippen molar-refractivity contribution in [1.82, 2.24) is 4.37 Å². The zero-order valence-electron chi connectivity index (χ0n) is 8.25. The number of hydrogen-bond donors (Lipinski definition) is 0. The summed E-state index contributed by atoms with van der Waals surface area (Å²) in [6.07, 6.45) is 0. The summed E-state index contributed by atoms with van der Waals surface area (Å²) in [4.78, 5) is 10.7. The highest BCUT2D eigenvalue weighted by atomic mass is 35.5. The zero-order valence-corrected chi connectivity index (χ0v) is 9.83. The minimum Gasteiger partial charge on any atom is -0.258 e. The van der Waals surface area contributed by atoms with E-state index in [0.29, 0.717) is 10.4 Å². The second-order valence-electron chi connectivity index (χ2n) is 3.10. The van der Waals surface area contributed by atoms with Crippen LogP contribution in [0.25, 0.3) is 10.4 Å². The summed E-state index contributed by atoms with van der Waals surface area (Å²) >= 11 is 6.79. The molecule has 0 aliphatic rings. The van der Waals surface area contributed by atoms with Crippen LogP contribution in [0.15, 0.2) is 24.3 Å². The smallest absolute Gasteiger partial charge is 0.258 e. The van der Waals surface area contributed by atoms with Gasteiger partial charge in [0.05, 0.1) is 9.80 Å². The lowest BCUT2D eigenvalue weighted by Gasteiger charge is -1.97. The van der Waals surface area contributed by atoms with Crippen molar-refractivity contribution in [2.24, 2.45) is 0 Å². The number of hydrogen-bond acceptors (Lipinski definition) is 5. The SMILES string of the molecule is N#Cc1c(Cl)nsc1-c1cccc([N+](=O)[O-])c1. The number of nitro benzene ring substituents is 1. The van der Waals surface area contributed by atoms with Crippen LogP contribution in [-0.4, -0.2) is 9.30 Å². The van der Waals surface area contributed by atoms with Crippen molar-refractivity contribution in [2.75, 3.05) is 0 Å². The first-order valence-electron chi connectivity index (χ1n) is 4.43. The molecule has 1 aromatic carbocycles. The van der Waals surface area contributed by atoms with E-state index >= 15 is 0 Å². The molecule has 0 aliphatic heterocycles. The van der Waals surface area contributed by atoms with E-state index in [1.165, 1.54) is 12.1 Å². The molecule has 0 fully saturated rings. The lowest BCUT2D eigenvalue weighted by Crippen LogP contribution is -1.87. The average molecular weight is 266 g/mol. The maximum atomic E-state index is 10.6. The molecule has 0 amide bonds. The van der Waals surface area contributed by atoms with Gasteiger partial charge in [0.25, 0.3) is 5.69 Å². The summed E-state index contributed by atoms with van der Waals surface area (Å²) in [7, 11) is 0. The summed E-state index contributed by atoms with van der Waals surface area (Å²) in [6, 6.07) is 7.95. The normalized spacial score (nSPS) is 9.88. The second kappa shape index (κ2) is 4.49. The second-order valence-corrected chi connectivity index (χ2v) is 4.23. The number of non-ortho nitro benzene ring substituents is 1. The summed E-state index contributed by atoms with van der Waals surface area (Å²) in [6.45, 7) is 0. The number of aromatic nitrogens is 1. The Morgan fingerprint density at radius 2 is 2.29 bits per heavy atom. The topological polar surface area (TPSA) is 79.8 Å². The predicted molar refractivity (Wildman–Crippen MR) is 63.9 cm³/mol.